The number of hydrogen-bond acceptors (Lipinski definition) is 5. The Hall–Kier alpha value is -2.86. The van der Waals surface area contributed by atoms with E-state index in [2.05, 4.69) is 27.2 Å². The van der Waals surface area contributed by atoms with Crippen LogP contribution in [0.5, 0.6) is 5.75 Å². The Bertz CT molecular complexity index is 1060. The average Bonchev–Trinajstić information content (AvgIpc) is 2.80. The zero-order valence-electron chi connectivity index (χ0n) is 18.0. The summed E-state index contributed by atoms with van der Waals surface area (Å²) in [5.41, 5.74) is 5.80. The summed E-state index contributed by atoms with van der Waals surface area (Å²) in [6, 6.07) is 11.2. The fourth-order valence-corrected chi connectivity index (χ4v) is 4.70. The fourth-order valence-electron chi connectivity index (χ4n) is 4.70. The average molecular weight is 421 g/mol. The number of piperazine rings is 1. The number of rotatable bonds is 5. The summed E-state index contributed by atoms with van der Waals surface area (Å²) in [6.07, 6.45) is 4.23. The third-order valence-corrected chi connectivity index (χ3v) is 6.27. The Morgan fingerprint density at radius 2 is 1.90 bits per heavy atom. The number of pyridine rings is 1. The highest BCUT2D eigenvalue weighted by atomic mass is 19.1. The van der Waals surface area contributed by atoms with Gasteiger partial charge in [-0.3, -0.25) is 9.88 Å². The Morgan fingerprint density at radius 1 is 1.10 bits per heavy atom. The van der Waals surface area contributed by atoms with Crippen molar-refractivity contribution in [2.24, 2.45) is 0 Å². The monoisotopic (exact) mass is 420 g/mol. The molecule has 0 bridgehead atoms. The number of aromatic nitrogens is 1. The SMILES string of the molecule is CCOc1cc(CN2CCN(c3ccc(F)cc3)CC2)cc2ncc3c(c12)NCCC3. The van der Waals surface area contributed by atoms with Crippen molar-refractivity contribution in [3.63, 3.8) is 0 Å². The highest BCUT2D eigenvalue weighted by Crippen LogP contribution is 2.37. The van der Waals surface area contributed by atoms with E-state index in [9.17, 15) is 4.39 Å². The highest BCUT2D eigenvalue weighted by Gasteiger charge is 2.20. The topological polar surface area (TPSA) is 40.6 Å². The van der Waals surface area contributed by atoms with Crippen molar-refractivity contribution in [1.29, 1.82) is 0 Å². The van der Waals surface area contributed by atoms with Gasteiger partial charge in [-0.25, -0.2) is 4.39 Å². The summed E-state index contributed by atoms with van der Waals surface area (Å²) in [6.45, 7) is 8.36. The van der Waals surface area contributed by atoms with E-state index >= 15 is 0 Å². The van der Waals surface area contributed by atoms with E-state index in [-0.39, 0.29) is 5.82 Å². The molecule has 3 heterocycles. The van der Waals surface area contributed by atoms with Crippen molar-refractivity contribution < 1.29 is 9.13 Å². The predicted octanol–water partition coefficient (Wildman–Crippen LogP) is 4.45. The third-order valence-electron chi connectivity index (χ3n) is 6.27. The zero-order valence-corrected chi connectivity index (χ0v) is 18.0. The smallest absolute Gasteiger partial charge is 0.131 e. The number of nitrogens with zero attached hydrogens (tertiary/aromatic N) is 3. The van der Waals surface area contributed by atoms with Gasteiger partial charge in [0.1, 0.15) is 11.6 Å². The molecule has 0 atom stereocenters. The second kappa shape index (κ2) is 8.71. The molecular weight excluding hydrogens is 391 g/mol. The van der Waals surface area contributed by atoms with E-state index in [1.807, 2.05) is 25.3 Å². The van der Waals surface area contributed by atoms with Crippen molar-refractivity contribution in [2.75, 3.05) is 49.5 Å². The lowest BCUT2D eigenvalue weighted by molar-refractivity contribution is 0.249. The highest BCUT2D eigenvalue weighted by molar-refractivity contribution is 5.98. The van der Waals surface area contributed by atoms with Crippen LogP contribution in [0.2, 0.25) is 0 Å². The van der Waals surface area contributed by atoms with E-state index in [0.29, 0.717) is 6.61 Å². The minimum atomic E-state index is -0.186. The summed E-state index contributed by atoms with van der Waals surface area (Å²) in [7, 11) is 0. The van der Waals surface area contributed by atoms with E-state index in [4.69, 9.17) is 9.72 Å². The molecule has 0 aliphatic carbocycles. The molecule has 5 rings (SSSR count). The number of ether oxygens (including phenoxy) is 1. The largest absolute Gasteiger partial charge is 0.493 e. The summed E-state index contributed by atoms with van der Waals surface area (Å²) in [5.74, 6) is 0.743. The maximum atomic E-state index is 13.2. The minimum Gasteiger partial charge on any atom is -0.493 e. The quantitative estimate of drug-likeness (QED) is 0.660. The van der Waals surface area contributed by atoms with Gasteiger partial charge >= 0.3 is 0 Å². The summed E-state index contributed by atoms with van der Waals surface area (Å²) in [5, 5.41) is 4.68. The Balaban J connectivity index is 1.34. The molecular formula is C25H29FN4O. The van der Waals surface area contributed by atoms with Crippen molar-refractivity contribution >= 4 is 22.3 Å². The van der Waals surface area contributed by atoms with Crippen LogP contribution in [0.25, 0.3) is 10.9 Å². The molecule has 0 spiro atoms. The van der Waals surface area contributed by atoms with E-state index in [1.54, 1.807) is 0 Å². The maximum absolute atomic E-state index is 13.2. The zero-order chi connectivity index (χ0) is 21.2. The van der Waals surface area contributed by atoms with Crippen molar-refractivity contribution in [1.82, 2.24) is 9.88 Å². The standard InChI is InChI=1S/C25H29FN4O/c1-2-31-23-15-18(14-22-24(23)25-19(16-28-22)4-3-9-27-25)17-29-10-12-30(13-11-29)21-7-5-20(26)6-8-21/h5-8,14-16,27H,2-4,9-13,17H2,1H3. The van der Waals surface area contributed by atoms with E-state index in [1.165, 1.54) is 28.9 Å². The number of halogens is 1. The summed E-state index contributed by atoms with van der Waals surface area (Å²) < 4.78 is 19.3. The summed E-state index contributed by atoms with van der Waals surface area (Å²) in [4.78, 5) is 9.56. The number of aryl methyl sites for hydroxylation is 1. The lowest BCUT2D eigenvalue weighted by Crippen LogP contribution is -2.45. The normalized spacial score (nSPS) is 16.8. The Labute approximate surface area is 182 Å². The first-order valence-electron chi connectivity index (χ1n) is 11.3. The van der Waals surface area contributed by atoms with Crippen LogP contribution in [0.15, 0.2) is 42.6 Å². The van der Waals surface area contributed by atoms with Gasteiger partial charge in [-0.2, -0.15) is 0 Å². The molecule has 2 aliphatic heterocycles. The molecule has 0 radical (unpaired) electrons. The van der Waals surface area contributed by atoms with Gasteiger partial charge in [0.2, 0.25) is 0 Å². The predicted molar refractivity (Wildman–Crippen MR) is 124 cm³/mol. The molecule has 162 valence electrons. The molecule has 1 fully saturated rings. The van der Waals surface area contributed by atoms with Crippen LogP contribution in [-0.2, 0) is 13.0 Å². The van der Waals surface area contributed by atoms with Gasteiger partial charge in [-0.15, -0.1) is 0 Å². The Morgan fingerprint density at radius 3 is 2.68 bits per heavy atom. The number of fused-ring (bicyclic) bond motifs is 3. The molecule has 6 heteroatoms. The molecule has 5 nitrogen and oxygen atoms in total. The molecule has 0 saturated carbocycles. The molecule has 2 aliphatic rings. The molecule has 1 N–H and O–H groups in total. The molecule has 1 aromatic heterocycles. The van der Waals surface area contributed by atoms with Crippen LogP contribution in [0.1, 0.15) is 24.5 Å². The molecule has 0 amide bonds. The van der Waals surface area contributed by atoms with Crippen LogP contribution in [0.4, 0.5) is 15.8 Å². The second-order valence-electron chi connectivity index (χ2n) is 8.35. The molecule has 2 aromatic carbocycles. The first-order chi connectivity index (χ1) is 15.2. The van der Waals surface area contributed by atoms with Crippen LogP contribution in [0, 0.1) is 5.82 Å². The van der Waals surface area contributed by atoms with E-state index in [0.717, 1.165) is 74.5 Å². The number of anilines is 2. The Kier molecular flexibility index (Phi) is 5.64. The van der Waals surface area contributed by atoms with Gasteiger partial charge in [-0.1, -0.05) is 0 Å². The minimum absolute atomic E-state index is 0.186. The van der Waals surface area contributed by atoms with Gasteiger partial charge in [0.05, 0.1) is 23.2 Å². The van der Waals surface area contributed by atoms with Crippen LogP contribution >= 0.6 is 0 Å². The third kappa shape index (κ3) is 4.17. The molecule has 3 aromatic rings. The molecule has 31 heavy (non-hydrogen) atoms. The van der Waals surface area contributed by atoms with Crippen LogP contribution < -0.4 is 15.0 Å². The number of hydrogen-bond donors (Lipinski definition) is 1. The fraction of sp³-hybridized carbons (Fsp3) is 0.400. The van der Waals surface area contributed by atoms with Gasteiger partial charge in [0.15, 0.2) is 0 Å². The van der Waals surface area contributed by atoms with Gasteiger partial charge in [0.25, 0.3) is 0 Å². The van der Waals surface area contributed by atoms with Gasteiger partial charge in [0, 0.05) is 51.2 Å². The summed E-state index contributed by atoms with van der Waals surface area (Å²) >= 11 is 0. The molecule has 0 unspecified atom stereocenters. The number of benzene rings is 2. The van der Waals surface area contributed by atoms with E-state index < -0.39 is 0 Å². The number of nitrogens with one attached hydrogen (secondary N) is 1. The van der Waals surface area contributed by atoms with Crippen LogP contribution in [-0.4, -0.2) is 49.2 Å². The van der Waals surface area contributed by atoms with Crippen molar-refractivity contribution in [3.8, 4) is 5.75 Å². The first-order valence-corrected chi connectivity index (χ1v) is 11.3. The lowest BCUT2D eigenvalue weighted by atomic mass is 10.00. The van der Waals surface area contributed by atoms with Gasteiger partial charge < -0.3 is 15.0 Å². The van der Waals surface area contributed by atoms with Crippen molar-refractivity contribution in [2.45, 2.75) is 26.3 Å². The van der Waals surface area contributed by atoms with Gasteiger partial charge in [-0.05, 0) is 67.3 Å². The van der Waals surface area contributed by atoms with Crippen molar-refractivity contribution in [3.05, 3.63) is 59.5 Å². The van der Waals surface area contributed by atoms with Crippen LogP contribution in [0.3, 0.4) is 0 Å². The first kappa shape index (κ1) is 20.1. The molecule has 1 saturated heterocycles. The maximum Gasteiger partial charge on any atom is 0.131 e. The second-order valence-corrected chi connectivity index (χ2v) is 8.35. The lowest BCUT2D eigenvalue weighted by Gasteiger charge is -2.36.